The second-order valence-corrected chi connectivity index (χ2v) is 6.55. The average molecular weight is 344 g/mol. The SMILES string of the molecule is [B]c1cccc(-n2ccc3cc(C(C)(C)C#N)cc(F)c3c2=O)c1C=O. The van der Waals surface area contributed by atoms with E-state index < -0.39 is 16.8 Å². The summed E-state index contributed by atoms with van der Waals surface area (Å²) < 4.78 is 15.9. The second kappa shape index (κ2) is 6.27. The van der Waals surface area contributed by atoms with Crippen molar-refractivity contribution in [3.63, 3.8) is 0 Å². The average Bonchev–Trinajstić information content (AvgIpc) is 2.61. The lowest BCUT2D eigenvalue weighted by molar-refractivity contribution is 0.112. The fraction of sp³-hybridized carbons (Fsp3) is 0.150. The van der Waals surface area contributed by atoms with Crippen LogP contribution in [-0.4, -0.2) is 18.7 Å². The van der Waals surface area contributed by atoms with Crippen molar-refractivity contribution in [2.45, 2.75) is 19.3 Å². The first kappa shape index (κ1) is 17.6. The molecule has 0 aliphatic carbocycles. The lowest BCUT2D eigenvalue weighted by atomic mass is 9.85. The Morgan fingerprint density at radius 2 is 2.00 bits per heavy atom. The van der Waals surface area contributed by atoms with Gasteiger partial charge in [-0.2, -0.15) is 5.26 Å². The molecule has 0 saturated carbocycles. The van der Waals surface area contributed by atoms with Crippen molar-refractivity contribution >= 4 is 30.4 Å². The molecule has 3 aromatic rings. The normalized spacial score (nSPS) is 11.3. The molecule has 0 fully saturated rings. The number of fused-ring (bicyclic) bond motifs is 1. The molecule has 2 aromatic carbocycles. The lowest BCUT2D eigenvalue weighted by Crippen LogP contribution is -2.23. The lowest BCUT2D eigenvalue weighted by Gasteiger charge is -2.17. The number of carbonyl (C=O) groups is 1. The van der Waals surface area contributed by atoms with E-state index in [-0.39, 0.29) is 22.1 Å². The summed E-state index contributed by atoms with van der Waals surface area (Å²) in [5, 5.41) is 9.54. The number of hydrogen-bond acceptors (Lipinski definition) is 3. The molecule has 6 heteroatoms. The number of halogens is 1. The van der Waals surface area contributed by atoms with Crippen LogP contribution >= 0.6 is 0 Å². The van der Waals surface area contributed by atoms with E-state index in [0.717, 1.165) is 0 Å². The maximum absolute atomic E-state index is 14.7. The zero-order valence-electron chi connectivity index (χ0n) is 14.3. The highest BCUT2D eigenvalue weighted by Gasteiger charge is 2.22. The maximum atomic E-state index is 14.7. The van der Waals surface area contributed by atoms with Crippen LogP contribution in [0.4, 0.5) is 4.39 Å². The van der Waals surface area contributed by atoms with Gasteiger partial charge in [-0.25, -0.2) is 4.39 Å². The van der Waals surface area contributed by atoms with Crippen molar-refractivity contribution in [3.8, 4) is 11.8 Å². The molecule has 0 bridgehead atoms. The Morgan fingerprint density at radius 1 is 1.27 bits per heavy atom. The van der Waals surface area contributed by atoms with Gasteiger partial charge < -0.3 is 0 Å². The molecule has 1 aromatic heterocycles. The van der Waals surface area contributed by atoms with E-state index in [1.54, 1.807) is 44.2 Å². The third kappa shape index (κ3) is 2.72. The van der Waals surface area contributed by atoms with Crippen molar-refractivity contribution < 1.29 is 9.18 Å². The molecule has 1 heterocycles. The quantitative estimate of drug-likeness (QED) is 0.542. The maximum Gasteiger partial charge on any atom is 0.265 e. The van der Waals surface area contributed by atoms with Crippen molar-refractivity contribution in [1.82, 2.24) is 4.57 Å². The van der Waals surface area contributed by atoms with Gasteiger partial charge >= 0.3 is 0 Å². The summed E-state index contributed by atoms with van der Waals surface area (Å²) in [6.45, 7) is 3.36. The minimum atomic E-state index is -0.886. The molecule has 2 radical (unpaired) electrons. The van der Waals surface area contributed by atoms with Gasteiger partial charge in [0.2, 0.25) is 0 Å². The number of rotatable bonds is 3. The molecule has 0 unspecified atom stereocenters. The van der Waals surface area contributed by atoms with Gasteiger partial charge in [-0.05, 0) is 49.1 Å². The van der Waals surface area contributed by atoms with Gasteiger partial charge in [-0.1, -0.05) is 17.6 Å². The Morgan fingerprint density at radius 3 is 2.65 bits per heavy atom. The van der Waals surface area contributed by atoms with Crippen LogP contribution in [0.1, 0.15) is 29.8 Å². The van der Waals surface area contributed by atoms with Gasteiger partial charge in [0.05, 0.1) is 22.6 Å². The van der Waals surface area contributed by atoms with Crippen molar-refractivity contribution in [2.24, 2.45) is 0 Å². The van der Waals surface area contributed by atoms with E-state index in [4.69, 9.17) is 7.85 Å². The fourth-order valence-corrected chi connectivity index (χ4v) is 2.85. The van der Waals surface area contributed by atoms with Gasteiger partial charge in [-0.3, -0.25) is 14.2 Å². The summed E-state index contributed by atoms with van der Waals surface area (Å²) in [7, 11) is 5.79. The molecular weight excluding hydrogens is 330 g/mol. The van der Waals surface area contributed by atoms with Gasteiger partial charge in [0, 0.05) is 11.8 Å². The van der Waals surface area contributed by atoms with Crippen LogP contribution in [0.3, 0.4) is 0 Å². The Hall–Kier alpha value is -3.20. The largest absolute Gasteiger partial charge is 0.298 e. The highest BCUT2D eigenvalue weighted by molar-refractivity contribution is 6.35. The fourth-order valence-electron chi connectivity index (χ4n) is 2.85. The van der Waals surface area contributed by atoms with Crippen molar-refractivity contribution in [1.29, 1.82) is 5.26 Å². The first-order chi connectivity index (χ1) is 12.3. The molecule has 0 saturated heterocycles. The smallest absolute Gasteiger partial charge is 0.265 e. The zero-order chi connectivity index (χ0) is 19.1. The highest BCUT2D eigenvalue weighted by atomic mass is 19.1. The van der Waals surface area contributed by atoms with Crippen LogP contribution in [0.25, 0.3) is 16.5 Å². The van der Waals surface area contributed by atoms with Crippen LogP contribution in [0, 0.1) is 17.1 Å². The van der Waals surface area contributed by atoms with Gasteiger partial charge in [0.15, 0.2) is 6.29 Å². The third-order valence-electron chi connectivity index (χ3n) is 4.45. The molecule has 0 N–H and O–H groups in total. The Balaban J connectivity index is 2.33. The number of hydrogen-bond donors (Lipinski definition) is 0. The van der Waals surface area contributed by atoms with Crippen LogP contribution in [0.15, 0.2) is 47.4 Å². The Labute approximate surface area is 150 Å². The van der Waals surface area contributed by atoms with Gasteiger partial charge in [-0.15, -0.1) is 0 Å². The summed E-state index contributed by atoms with van der Waals surface area (Å²) >= 11 is 0. The van der Waals surface area contributed by atoms with Crippen molar-refractivity contribution in [2.75, 3.05) is 0 Å². The van der Waals surface area contributed by atoms with E-state index >= 15 is 0 Å². The van der Waals surface area contributed by atoms with Crippen LogP contribution in [-0.2, 0) is 5.41 Å². The first-order valence-corrected chi connectivity index (χ1v) is 7.91. The summed E-state index contributed by atoms with van der Waals surface area (Å²) in [5.74, 6) is -0.711. The van der Waals surface area contributed by atoms with E-state index in [1.165, 1.54) is 16.8 Å². The van der Waals surface area contributed by atoms with Crippen LogP contribution in [0.2, 0.25) is 0 Å². The topological polar surface area (TPSA) is 62.9 Å². The number of carbonyl (C=O) groups excluding carboxylic acids is 1. The Kier molecular flexibility index (Phi) is 4.25. The number of nitriles is 1. The molecule has 126 valence electrons. The minimum Gasteiger partial charge on any atom is -0.298 e. The van der Waals surface area contributed by atoms with Crippen LogP contribution in [0.5, 0.6) is 0 Å². The third-order valence-corrected chi connectivity index (χ3v) is 4.45. The summed E-state index contributed by atoms with van der Waals surface area (Å²) in [4.78, 5) is 24.2. The van der Waals surface area contributed by atoms with Gasteiger partial charge in [0.25, 0.3) is 5.56 Å². The van der Waals surface area contributed by atoms with Crippen LogP contribution < -0.4 is 11.0 Å². The summed E-state index contributed by atoms with van der Waals surface area (Å²) in [5.41, 5.74) is -0.322. The minimum absolute atomic E-state index is 0.107. The molecule has 3 rings (SSSR count). The zero-order valence-corrected chi connectivity index (χ0v) is 14.3. The first-order valence-electron chi connectivity index (χ1n) is 7.91. The summed E-state index contributed by atoms with van der Waals surface area (Å²) in [6, 6.07) is 11.3. The molecular formula is C20H14BFN2O2. The van der Waals surface area contributed by atoms with E-state index in [9.17, 15) is 19.2 Å². The number of nitrogens with zero attached hydrogens (tertiary/aromatic N) is 2. The molecule has 26 heavy (non-hydrogen) atoms. The standard InChI is InChI=1S/C20H14BFN2O2/c1-20(2,11-23)13-8-12-6-7-24(19(26)18(12)16(22)9-13)17-5-3-4-15(21)14(17)10-25/h3-10H,1-2H3. The molecule has 0 aliphatic heterocycles. The number of pyridine rings is 1. The predicted molar refractivity (Wildman–Crippen MR) is 98.9 cm³/mol. The monoisotopic (exact) mass is 344 g/mol. The highest BCUT2D eigenvalue weighted by Crippen LogP contribution is 2.27. The number of aromatic nitrogens is 1. The molecule has 4 nitrogen and oxygen atoms in total. The summed E-state index contributed by atoms with van der Waals surface area (Å²) in [6.07, 6.45) is 2.03. The molecule has 0 aliphatic rings. The second-order valence-electron chi connectivity index (χ2n) is 6.55. The number of aldehydes is 1. The molecule has 0 amide bonds. The van der Waals surface area contributed by atoms with Crippen molar-refractivity contribution in [3.05, 3.63) is 69.9 Å². The Bertz CT molecular complexity index is 1140. The van der Waals surface area contributed by atoms with E-state index in [1.807, 2.05) is 0 Å². The predicted octanol–water partition coefficient (Wildman–Crippen LogP) is 2.54. The van der Waals surface area contributed by atoms with E-state index in [2.05, 4.69) is 6.07 Å². The number of benzene rings is 2. The van der Waals surface area contributed by atoms with E-state index in [0.29, 0.717) is 17.2 Å². The van der Waals surface area contributed by atoms with Gasteiger partial charge in [0.1, 0.15) is 13.7 Å². The molecule has 0 spiro atoms. The molecule has 0 atom stereocenters.